The van der Waals surface area contributed by atoms with Crippen molar-refractivity contribution in [1.29, 1.82) is 0 Å². The highest BCUT2D eigenvalue weighted by molar-refractivity contribution is 5.47. The molecule has 0 aliphatic carbocycles. The van der Waals surface area contributed by atoms with Crippen LogP contribution in [0.4, 0.5) is 5.82 Å². The second kappa shape index (κ2) is 7.13. The molecule has 6 heteroatoms. The van der Waals surface area contributed by atoms with Crippen molar-refractivity contribution in [3.8, 4) is 5.75 Å². The Morgan fingerprint density at radius 2 is 2.00 bits per heavy atom. The third-order valence-corrected chi connectivity index (χ3v) is 3.00. The lowest BCUT2D eigenvalue weighted by Crippen LogP contribution is -2.40. The highest BCUT2D eigenvalue weighted by Gasteiger charge is 2.13. The smallest absolute Gasteiger partial charge is 0.295 e. The van der Waals surface area contributed by atoms with Crippen LogP contribution in [-0.2, 0) is 0 Å². The molecule has 0 aromatic carbocycles. The highest BCUT2D eigenvalue weighted by Crippen LogP contribution is 2.14. The molecule has 1 aromatic rings. The molecule has 0 saturated carbocycles. The molecule has 0 atom stereocenters. The molecule has 6 nitrogen and oxygen atoms in total. The lowest BCUT2D eigenvalue weighted by Gasteiger charge is -2.30. The Morgan fingerprint density at radius 1 is 1.37 bits per heavy atom. The van der Waals surface area contributed by atoms with Gasteiger partial charge in [-0.15, -0.1) is 0 Å². The fraction of sp³-hybridized carbons (Fsp3) is 0.692. The molecule has 0 saturated heterocycles. The summed E-state index contributed by atoms with van der Waals surface area (Å²) in [7, 11) is 1.46. The number of methoxy groups -OCH3 is 1. The SMILES string of the molecule is COc1c(NCCN(C(C)C)C(C)C)nc[nH]c1=O. The molecule has 0 amide bonds. The van der Waals surface area contributed by atoms with Crippen molar-refractivity contribution < 1.29 is 4.74 Å². The molecule has 0 fully saturated rings. The van der Waals surface area contributed by atoms with E-state index in [1.807, 2.05) is 0 Å². The Balaban J connectivity index is 2.63. The van der Waals surface area contributed by atoms with Crippen LogP contribution in [0, 0.1) is 0 Å². The van der Waals surface area contributed by atoms with Gasteiger partial charge in [0.1, 0.15) is 0 Å². The van der Waals surface area contributed by atoms with E-state index in [4.69, 9.17) is 4.74 Å². The molecule has 0 bridgehead atoms. The maximum atomic E-state index is 11.5. The van der Waals surface area contributed by atoms with Gasteiger partial charge in [-0.25, -0.2) is 4.98 Å². The van der Waals surface area contributed by atoms with Gasteiger partial charge in [0, 0.05) is 25.2 Å². The Kier molecular flexibility index (Phi) is 5.82. The largest absolute Gasteiger partial charge is 0.489 e. The fourth-order valence-electron chi connectivity index (χ4n) is 2.12. The van der Waals surface area contributed by atoms with Gasteiger partial charge in [0.05, 0.1) is 13.4 Å². The second-order valence-corrected chi connectivity index (χ2v) is 4.97. The second-order valence-electron chi connectivity index (χ2n) is 4.97. The van der Waals surface area contributed by atoms with E-state index in [-0.39, 0.29) is 11.3 Å². The molecule has 0 radical (unpaired) electrons. The molecule has 1 heterocycles. The van der Waals surface area contributed by atoms with Crippen LogP contribution in [0.25, 0.3) is 0 Å². The number of nitrogens with one attached hydrogen (secondary N) is 2. The summed E-state index contributed by atoms with van der Waals surface area (Å²) >= 11 is 0. The molecule has 0 spiro atoms. The number of hydrogen-bond acceptors (Lipinski definition) is 5. The summed E-state index contributed by atoms with van der Waals surface area (Å²) in [6.07, 6.45) is 1.37. The molecule has 0 aliphatic heterocycles. The summed E-state index contributed by atoms with van der Waals surface area (Å²) in [6.45, 7) is 10.3. The van der Waals surface area contributed by atoms with Crippen molar-refractivity contribution in [2.45, 2.75) is 39.8 Å². The Bertz CT molecular complexity index is 435. The molecular formula is C13H24N4O2. The fourth-order valence-corrected chi connectivity index (χ4v) is 2.12. The average Bonchev–Trinajstić information content (AvgIpc) is 2.33. The zero-order valence-electron chi connectivity index (χ0n) is 12.4. The quantitative estimate of drug-likeness (QED) is 0.780. The van der Waals surface area contributed by atoms with Gasteiger partial charge >= 0.3 is 0 Å². The molecule has 0 aliphatic rings. The van der Waals surface area contributed by atoms with Crippen LogP contribution in [0.2, 0.25) is 0 Å². The number of hydrogen-bond donors (Lipinski definition) is 2. The van der Waals surface area contributed by atoms with Crippen LogP contribution in [0.3, 0.4) is 0 Å². The topological polar surface area (TPSA) is 70.2 Å². The summed E-state index contributed by atoms with van der Waals surface area (Å²) in [5.41, 5.74) is -0.274. The van der Waals surface area contributed by atoms with Crippen molar-refractivity contribution in [2.75, 3.05) is 25.5 Å². The van der Waals surface area contributed by atoms with Gasteiger partial charge in [-0.2, -0.15) is 0 Å². The first-order valence-electron chi connectivity index (χ1n) is 6.58. The molecular weight excluding hydrogens is 244 g/mol. The Morgan fingerprint density at radius 3 is 2.53 bits per heavy atom. The third kappa shape index (κ3) is 4.24. The van der Waals surface area contributed by atoms with E-state index >= 15 is 0 Å². The van der Waals surface area contributed by atoms with Gasteiger partial charge < -0.3 is 15.0 Å². The predicted molar refractivity (Wildman–Crippen MR) is 76.9 cm³/mol. The number of H-pyrrole nitrogens is 1. The first-order valence-corrected chi connectivity index (χ1v) is 6.58. The van der Waals surface area contributed by atoms with Gasteiger partial charge in [-0.3, -0.25) is 9.69 Å². The van der Waals surface area contributed by atoms with Crippen LogP contribution >= 0.6 is 0 Å². The first kappa shape index (κ1) is 15.5. The third-order valence-electron chi connectivity index (χ3n) is 3.00. The number of anilines is 1. The lowest BCUT2D eigenvalue weighted by molar-refractivity contribution is 0.182. The molecule has 108 valence electrons. The van der Waals surface area contributed by atoms with E-state index in [0.717, 1.165) is 6.54 Å². The van der Waals surface area contributed by atoms with Crippen molar-refractivity contribution in [1.82, 2.24) is 14.9 Å². The number of rotatable bonds is 7. The van der Waals surface area contributed by atoms with Gasteiger partial charge in [-0.1, -0.05) is 0 Å². The molecule has 1 rings (SSSR count). The first-order chi connectivity index (χ1) is 8.97. The molecule has 2 N–H and O–H groups in total. The standard InChI is InChI=1S/C13H24N4O2/c1-9(2)17(10(3)4)7-6-14-12-11(19-5)13(18)16-8-15-12/h8-10H,6-7H2,1-5H3,(H2,14,15,16,18). The van der Waals surface area contributed by atoms with Crippen molar-refractivity contribution >= 4 is 5.82 Å². The maximum absolute atomic E-state index is 11.5. The average molecular weight is 268 g/mol. The molecule has 0 unspecified atom stereocenters. The van der Waals surface area contributed by atoms with Gasteiger partial charge in [0.2, 0.25) is 5.75 Å². The van der Waals surface area contributed by atoms with E-state index in [0.29, 0.717) is 24.4 Å². The van der Waals surface area contributed by atoms with Crippen LogP contribution in [0.1, 0.15) is 27.7 Å². The number of aromatic amines is 1. The van der Waals surface area contributed by atoms with Crippen LogP contribution in [0.5, 0.6) is 5.75 Å². The minimum Gasteiger partial charge on any atom is -0.489 e. The minimum atomic E-state index is -0.274. The summed E-state index contributed by atoms with van der Waals surface area (Å²) in [5.74, 6) is 0.710. The van der Waals surface area contributed by atoms with Gasteiger partial charge in [-0.05, 0) is 27.7 Å². The van der Waals surface area contributed by atoms with Crippen LogP contribution in [-0.4, -0.2) is 47.2 Å². The van der Waals surface area contributed by atoms with E-state index in [1.165, 1.54) is 13.4 Å². The zero-order chi connectivity index (χ0) is 14.4. The number of aromatic nitrogens is 2. The van der Waals surface area contributed by atoms with E-state index < -0.39 is 0 Å². The van der Waals surface area contributed by atoms with Crippen LogP contribution < -0.4 is 15.6 Å². The summed E-state index contributed by atoms with van der Waals surface area (Å²) in [6, 6.07) is 0.965. The Hall–Kier alpha value is -1.56. The molecule has 19 heavy (non-hydrogen) atoms. The zero-order valence-corrected chi connectivity index (χ0v) is 12.4. The predicted octanol–water partition coefficient (Wildman–Crippen LogP) is 1.31. The Labute approximate surface area is 114 Å². The highest BCUT2D eigenvalue weighted by atomic mass is 16.5. The minimum absolute atomic E-state index is 0.225. The summed E-state index contributed by atoms with van der Waals surface area (Å²) < 4.78 is 5.05. The molecule has 1 aromatic heterocycles. The van der Waals surface area contributed by atoms with Crippen molar-refractivity contribution in [3.63, 3.8) is 0 Å². The monoisotopic (exact) mass is 268 g/mol. The van der Waals surface area contributed by atoms with E-state index in [2.05, 4.69) is 47.9 Å². The summed E-state index contributed by atoms with van der Waals surface area (Å²) in [4.78, 5) is 20.5. The van der Waals surface area contributed by atoms with Gasteiger partial charge in [0.15, 0.2) is 5.82 Å². The summed E-state index contributed by atoms with van der Waals surface area (Å²) in [5, 5.41) is 3.15. The van der Waals surface area contributed by atoms with E-state index in [1.54, 1.807) is 0 Å². The van der Waals surface area contributed by atoms with E-state index in [9.17, 15) is 4.79 Å². The van der Waals surface area contributed by atoms with Crippen molar-refractivity contribution in [3.05, 3.63) is 16.7 Å². The number of ether oxygens (including phenoxy) is 1. The van der Waals surface area contributed by atoms with Crippen molar-refractivity contribution in [2.24, 2.45) is 0 Å². The van der Waals surface area contributed by atoms with Gasteiger partial charge in [0.25, 0.3) is 5.56 Å². The number of nitrogens with zero attached hydrogens (tertiary/aromatic N) is 2. The normalized spacial score (nSPS) is 11.4. The maximum Gasteiger partial charge on any atom is 0.295 e. The lowest BCUT2D eigenvalue weighted by atomic mass is 10.2. The van der Waals surface area contributed by atoms with Crippen LogP contribution in [0.15, 0.2) is 11.1 Å².